The molecule has 1 aliphatic heterocycles. The van der Waals surface area contributed by atoms with Gasteiger partial charge in [-0.15, -0.1) is 0 Å². The Bertz CT molecular complexity index is 709. The second-order valence-corrected chi connectivity index (χ2v) is 6.00. The molecule has 1 fully saturated rings. The van der Waals surface area contributed by atoms with Crippen molar-refractivity contribution >= 4 is 5.91 Å². The minimum Gasteiger partial charge on any atom is -0.336 e. The number of aromatic nitrogens is 1. The van der Waals surface area contributed by atoms with Gasteiger partial charge in [0, 0.05) is 50.7 Å². The van der Waals surface area contributed by atoms with Crippen molar-refractivity contribution in [2.45, 2.75) is 12.7 Å². The summed E-state index contributed by atoms with van der Waals surface area (Å²) in [7, 11) is 0. The Morgan fingerprint density at radius 1 is 1.04 bits per heavy atom. The zero-order valence-electron chi connectivity index (χ0n) is 13.5. The van der Waals surface area contributed by atoms with Gasteiger partial charge in [0.2, 0.25) is 0 Å². The van der Waals surface area contributed by atoms with Crippen molar-refractivity contribution in [2.75, 3.05) is 26.2 Å². The van der Waals surface area contributed by atoms with E-state index in [0.29, 0.717) is 13.1 Å². The van der Waals surface area contributed by atoms with E-state index in [1.807, 2.05) is 18.3 Å². The highest BCUT2D eigenvalue weighted by Gasteiger charge is 2.30. The Labute approximate surface area is 143 Å². The average molecular weight is 349 g/mol. The van der Waals surface area contributed by atoms with Gasteiger partial charge in [-0.25, -0.2) is 0 Å². The molecule has 0 saturated carbocycles. The molecule has 25 heavy (non-hydrogen) atoms. The van der Waals surface area contributed by atoms with Gasteiger partial charge in [0.1, 0.15) is 0 Å². The van der Waals surface area contributed by atoms with E-state index in [2.05, 4.69) is 9.88 Å². The predicted molar refractivity (Wildman–Crippen MR) is 86.9 cm³/mol. The van der Waals surface area contributed by atoms with Gasteiger partial charge in [0.25, 0.3) is 5.91 Å². The highest BCUT2D eigenvalue weighted by Crippen LogP contribution is 2.29. The van der Waals surface area contributed by atoms with Gasteiger partial charge in [0.15, 0.2) is 0 Å². The van der Waals surface area contributed by atoms with Crippen LogP contribution in [0.15, 0.2) is 48.8 Å². The highest BCUT2D eigenvalue weighted by molar-refractivity contribution is 5.94. The van der Waals surface area contributed by atoms with E-state index in [-0.39, 0.29) is 11.5 Å². The van der Waals surface area contributed by atoms with Crippen LogP contribution in [0, 0.1) is 0 Å². The lowest BCUT2D eigenvalue weighted by atomic mass is 10.1. The number of halogens is 3. The molecule has 1 saturated heterocycles. The molecule has 1 amide bonds. The summed E-state index contributed by atoms with van der Waals surface area (Å²) in [5.74, 6) is -0.227. The molecule has 7 heteroatoms. The molecule has 0 bridgehead atoms. The van der Waals surface area contributed by atoms with Crippen molar-refractivity contribution in [3.63, 3.8) is 0 Å². The number of alkyl halides is 3. The summed E-state index contributed by atoms with van der Waals surface area (Å²) in [6.45, 7) is 3.33. The minimum absolute atomic E-state index is 0.227. The second kappa shape index (κ2) is 7.23. The lowest BCUT2D eigenvalue weighted by molar-refractivity contribution is -0.137. The maximum absolute atomic E-state index is 12.6. The molecule has 0 spiro atoms. The standard InChI is InChI=1S/C18H18F3N3O/c19-18(20,21)16-5-3-15(4-6-16)17(25)24-10-8-23(9-11-24)13-14-2-1-7-22-12-14/h1-7,12H,8-11,13H2. The minimum atomic E-state index is -4.39. The molecule has 1 aliphatic rings. The second-order valence-electron chi connectivity index (χ2n) is 6.00. The first-order valence-corrected chi connectivity index (χ1v) is 8.01. The molecule has 132 valence electrons. The fraction of sp³-hybridized carbons (Fsp3) is 0.333. The van der Waals surface area contributed by atoms with Crippen molar-refractivity contribution in [3.8, 4) is 0 Å². The largest absolute Gasteiger partial charge is 0.416 e. The molecular formula is C18H18F3N3O. The third-order valence-corrected chi connectivity index (χ3v) is 4.25. The van der Waals surface area contributed by atoms with Crippen LogP contribution in [-0.4, -0.2) is 46.9 Å². The van der Waals surface area contributed by atoms with Crippen molar-refractivity contribution < 1.29 is 18.0 Å². The molecule has 2 heterocycles. The zero-order valence-corrected chi connectivity index (χ0v) is 13.5. The normalized spacial score (nSPS) is 16.0. The SMILES string of the molecule is O=C(c1ccc(C(F)(F)F)cc1)N1CCN(Cc2cccnc2)CC1. The summed E-state index contributed by atoms with van der Waals surface area (Å²) in [6, 6.07) is 8.28. The van der Waals surface area contributed by atoms with E-state index >= 15 is 0 Å². The van der Waals surface area contributed by atoms with Gasteiger partial charge in [-0.1, -0.05) is 6.07 Å². The molecule has 0 unspecified atom stereocenters. The number of carbonyl (C=O) groups is 1. The number of pyridine rings is 1. The van der Waals surface area contributed by atoms with Crippen LogP contribution in [0.4, 0.5) is 13.2 Å². The smallest absolute Gasteiger partial charge is 0.336 e. The molecule has 0 atom stereocenters. The first kappa shape index (κ1) is 17.4. The van der Waals surface area contributed by atoms with E-state index in [1.54, 1.807) is 11.1 Å². The fourth-order valence-corrected chi connectivity index (χ4v) is 2.84. The lowest BCUT2D eigenvalue weighted by Crippen LogP contribution is -2.48. The van der Waals surface area contributed by atoms with Crippen LogP contribution >= 0.6 is 0 Å². The van der Waals surface area contributed by atoms with Crippen LogP contribution in [0.2, 0.25) is 0 Å². The lowest BCUT2D eigenvalue weighted by Gasteiger charge is -2.34. The number of hydrogen-bond acceptors (Lipinski definition) is 3. The van der Waals surface area contributed by atoms with E-state index in [4.69, 9.17) is 0 Å². The molecule has 0 radical (unpaired) electrons. The van der Waals surface area contributed by atoms with Crippen LogP contribution in [0.25, 0.3) is 0 Å². The Kier molecular flexibility index (Phi) is 5.03. The van der Waals surface area contributed by atoms with Gasteiger partial charge in [-0.2, -0.15) is 13.2 Å². The molecule has 3 rings (SSSR count). The van der Waals surface area contributed by atoms with E-state index in [0.717, 1.165) is 37.3 Å². The monoisotopic (exact) mass is 349 g/mol. The van der Waals surface area contributed by atoms with Gasteiger partial charge in [-0.05, 0) is 35.9 Å². The molecule has 1 aromatic carbocycles. The molecule has 4 nitrogen and oxygen atoms in total. The van der Waals surface area contributed by atoms with Gasteiger partial charge >= 0.3 is 6.18 Å². The third kappa shape index (κ3) is 4.36. The van der Waals surface area contributed by atoms with Gasteiger partial charge in [0.05, 0.1) is 5.56 Å². The van der Waals surface area contributed by atoms with E-state index in [1.165, 1.54) is 12.1 Å². The Hall–Kier alpha value is -2.41. The van der Waals surface area contributed by atoms with Crippen molar-refractivity contribution in [1.82, 2.24) is 14.8 Å². The number of rotatable bonds is 3. The van der Waals surface area contributed by atoms with Crippen LogP contribution in [0.3, 0.4) is 0 Å². The van der Waals surface area contributed by atoms with Gasteiger partial charge < -0.3 is 4.90 Å². The molecular weight excluding hydrogens is 331 g/mol. The number of piperazine rings is 1. The van der Waals surface area contributed by atoms with Crippen molar-refractivity contribution in [3.05, 3.63) is 65.5 Å². The fourth-order valence-electron chi connectivity index (χ4n) is 2.84. The number of benzene rings is 1. The summed E-state index contributed by atoms with van der Waals surface area (Å²) in [5, 5.41) is 0. The van der Waals surface area contributed by atoms with Crippen LogP contribution in [0.5, 0.6) is 0 Å². The Balaban J connectivity index is 1.56. The zero-order chi connectivity index (χ0) is 17.9. The highest BCUT2D eigenvalue weighted by atomic mass is 19.4. The molecule has 2 aromatic rings. The summed E-state index contributed by atoms with van der Waals surface area (Å²) in [5.41, 5.74) is 0.657. The predicted octanol–water partition coefficient (Wildman–Crippen LogP) is 3.06. The van der Waals surface area contributed by atoms with Gasteiger partial charge in [-0.3, -0.25) is 14.7 Å². The van der Waals surface area contributed by atoms with Crippen molar-refractivity contribution in [2.24, 2.45) is 0 Å². The van der Waals surface area contributed by atoms with Crippen LogP contribution < -0.4 is 0 Å². The number of carbonyl (C=O) groups excluding carboxylic acids is 1. The summed E-state index contributed by atoms with van der Waals surface area (Å²) >= 11 is 0. The van der Waals surface area contributed by atoms with Crippen LogP contribution in [-0.2, 0) is 12.7 Å². The van der Waals surface area contributed by atoms with Crippen LogP contribution in [0.1, 0.15) is 21.5 Å². The van der Waals surface area contributed by atoms with E-state index < -0.39 is 11.7 Å². The first-order chi connectivity index (χ1) is 11.9. The third-order valence-electron chi connectivity index (χ3n) is 4.25. The summed E-state index contributed by atoms with van der Waals surface area (Å²) in [4.78, 5) is 20.4. The molecule has 1 aromatic heterocycles. The Morgan fingerprint density at radius 2 is 1.72 bits per heavy atom. The quantitative estimate of drug-likeness (QED) is 0.855. The summed E-state index contributed by atoms with van der Waals surface area (Å²) < 4.78 is 37.8. The molecule has 0 N–H and O–H groups in total. The number of hydrogen-bond donors (Lipinski definition) is 0. The number of nitrogens with zero attached hydrogens (tertiary/aromatic N) is 3. The van der Waals surface area contributed by atoms with E-state index in [9.17, 15) is 18.0 Å². The first-order valence-electron chi connectivity index (χ1n) is 8.01. The van der Waals surface area contributed by atoms with Crippen molar-refractivity contribution in [1.29, 1.82) is 0 Å². The Morgan fingerprint density at radius 3 is 2.28 bits per heavy atom. The summed E-state index contributed by atoms with van der Waals surface area (Å²) in [6.07, 6.45) is -0.844. The maximum Gasteiger partial charge on any atom is 0.416 e. The molecule has 0 aliphatic carbocycles. The average Bonchev–Trinajstić information content (AvgIpc) is 2.62. The maximum atomic E-state index is 12.6. The number of amides is 1. The topological polar surface area (TPSA) is 36.4 Å².